The van der Waals surface area contributed by atoms with E-state index in [0.717, 1.165) is 35.8 Å². The number of nitrogens with zero attached hydrogens (tertiary/aromatic N) is 3. The standard InChI is InChI=1S/C28H30Cl2N4O3S/c1-37-24-11-3-2-7-21(24)8-5-13-33(27(35)25-12-6-20-38-25)17-14-32-15-18-34(19-16-32)28(36)31-23-10-4-9-22(29)26(23)30/h2-12,20H,13-19H2,1H3,(H,31,36). The molecule has 0 aliphatic carbocycles. The maximum Gasteiger partial charge on any atom is 0.321 e. The van der Waals surface area contributed by atoms with Crippen molar-refractivity contribution in [3.05, 3.63) is 86.5 Å². The Bertz CT molecular complexity index is 1260. The quantitative estimate of drug-likeness (QED) is 0.338. The van der Waals surface area contributed by atoms with Gasteiger partial charge in [-0.25, -0.2) is 4.79 Å². The maximum absolute atomic E-state index is 13.2. The van der Waals surface area contributed by atoms with Crippen molar-refractivity contribution in [2.45, 2.75) is 0 Å². The third kappa shape index (κ3) is 7.29. The molecule has 38 heavy (non-hydrogen) atoms. The van der Waals surface area contributed by atoms with Crippen LogP contribution in [0.15, 0.2) is 66.1 Å². The predicted octanol–water partition coefficient (Wildman–Crippen LogP) is 6.07. The number of nitrogens with one attached hydrogen (secondary N) is 1. The van der Waals surface area contributed by atoms with Crippen LogP contribution >= 0.6 is 34.5 Å². The highest BCUT2D eigenvalue weighted by Crippen LogP contribution is 2.29. The molecule has 0 bridgehead atoms. The molecule has 200 valence electrons. The van der Waals surface area contributed by atoms with E-state index in [9.17, 15) is 9.59 Å². The molecular formula is C28H30Cl2N4O3S. The predicted molar refractivity (Wildman–Crippen MR) is 156 cm³/mol. The van der Waals surface area contributed by atoms with Crippen LogP contribution in [0, 0.1) is 0 Å². The van der Waals surface area contributed by atoms with Crippen molar-refractivity contribution in [1.82, 2.24) is 14.7 Å². The molecule has 0 saturated carbocycles. The summed E-state index contributed by atoms with van der Waals surface area (Å²) >= 11 is 13.7. The third-order valence-corrected chi connectivity index (χ3v) is 8.00. The first-order chi connectivity index (χ1) is 18.5. The zero-order valence-electron chi connectivity index (χ0n) is 21.1. The number of carbonyl (C=O) groups excluding carboxylic acids is 2. The Morgan fingerprint density at radius 1 is 1.05 bits per heavy atom. The first-order valence-corrected chi connectivity index (χ1v) is 13.9. The van der Waals surface area contributed by atoms with Crippen molar-refractivity contribution in [3.8, 4) is 5.75 Å². The minimum Gasteiger partial charge on any atom is -0.496 e. The van der Waals surface area contributed by atoms with Crippen LogP contribution in [0.1, 0.15) is 15.2 Å². The molecule has 0 radical (unpaired) electrons. The van der Waals surface area contributed by atoms with Gasteiger partial charge < -0.3 is 19.9 Å². The average molecular weight is 574 g/mol. The lowest BCUT2D eigenvalue weighted by Crippen LogP contribution is -2.51. The molecule has 1 saturated heterocycles. The topological polar surface area (TPSA) is 65.1 Å². The first-order valence-electron chi connectivity index (χ1n) is 12.3. The van der Waals surface area contributed by atoms with Gasteiger partial charge in [-0.1, -0.05) is 65.7 Å². The van der Waals surface area contributed by atoms with Crippen molar-refractivity contribution in [3.63, 3.8) is 0 Å². The van der Waals surface area contributed by atoms with E-state index in [1.54, 1.807) is 30.2 Å². The second-order valence-corrected chi connectivity index (χ2v) is 10.5. The number of halogens is 2. The van der Waals surface area contributed by atoms with E-state index in [1.807, 2.05) is 58.8 Å². The number of para-hydroxylation sites is 1. The molecule has 7 nitrogen and oxygen atoms in total. The van der Waals surface area contributed by atoms with Gasteiger partial charge in [0.05, 0.1) is 27.7 Å². The number of carbonyl (C=O) groups is 2. The second-order valence-electron chi connectivity index (χ2n) is 8.73. The third-order valence-electron chi connectivity index (χ3n) is 6.32. The number of thiophene rings is 1. The van der Waals surface area contributed by atoms with E-state index in [1.165, 1.54) is 11.3 Å². The summed E-state index contributed by atoms with van der Waals surface area (Å²) in [7, 11) is 1.65. The van der Waals surface area contributed by atoms with Crippen molar-refractivity contribution in [2.75, 3.05) is 58.2 Å². The molecular weight excluding hydrogens is 543 g/mol. The van der Waals surface area contributed by atoms with Crippen molar-refractivity contribution in [2.24, 2.45) is 0 Å². The van der Waals surface area contributed by atoms with Gasteiger partial charge in [-0.05, 0) is 29.6 Å². The van der Waals surface area contributed by atoms with E-state index in [-0.39, 0.29) is 11.9 Å². The summed E-state index contributed by atoms with van der Waals surface area (Å²) in [4.78, 5) is 32.5. The molecule has 1 aromatic heterocycles. The molecule has 1 aliphatic heterocycles. The molecule has 0 spiro atoms. The van der Waals surface area contributed by atoms with Crippen LogP contribution in [0.25, 0.3) is 6.08 Å². The zero-order chi connectivity index (χ0) is 26.9. The summed E-state index contributed by atoms with van der Waals surface area (Å²) < 4.78 is 5.42. The van der Waals surface area contributed by atoms with Crippen molar-refractivity contribution in [1.29, 1.82) is 0 Å². The molecule has 2 heterocycles. The van der Waals surface area contributed by atoms with Gasteiger partial charge >= 0.3 is 6.03 Å². The lowest BCUT2D eigenvalue weighted by atomic mass is 10.2. The first kappa shape index (κ1) is 28.0. The van der Waals surface area contributed by atoms with Crippen LogP contribution < -0.4 is 10.1 Å². The average Bonchev–Trinajstić information content (AvgIpc) is 3.48. The van der Waals surface area contributed by atoms with Crippen molar-refractivity contribution >= 4 is 58.2 Å². The Hall–Kier alpha value is -3.04. The molecule has 3 amide bonds. The number of benzene rings is 2. The zero-order valence-corrected chi connectivity index (χ0v) is 23.4. The fourth-order valence-corrected chi connectivity index (χ4v) is 5.21. The summed E-state index contributed by atoms with van der Waals surface area (Å²) in [6.07, 6.45) is 3.98. The number of piperazine rings is 1. The largest absolute Gasteiger partial charge is 0.496 e. The van der Waals surface area contributed by atoms with Crippen LogP contribution in [0.5, 0.6) is 5.75 Å². The number of hydrogen-bond acceptors (Lipinski definition) is 5. The van der Waals surface area contributed by atoms with Gasteiger partial charge in [-0.3, -0.25) is 9.69 Å². The monoisotopic (exact) mass is 572 g/mol. The van der Waals surface area contributed by atoms with E-state index in [0.29, 0.717) is 41.9 Å². The molecule has 0 unspecified atom stereocenters. The molecule has 4 rings (SSSR count). The van der Waals surface area contributed by atoms with Crippen molar-refractivity contribution < 1.29 is 14.3 Å². The van der Waals surface area contributed by atoms with Gasteiger partial charge in [-0.2, -0.15) is 0 Å². The maximum atomic E-state index is 13.2. The minimum absolute atomic E-state index is 0.0149. The number of hydrogen-bond donors (Lipinski definition) is 1. The molecule has 10 heteroatoms. The number of anilines is 1. The van der Waals surface area contributed by atoms with E-state index < -0.39 is 0 Å². The SMILES string of the molecule is COc1ccccc1C=CCN(CCN1CCN(C(=O)Nc2cccc(Cl)c2Cl)CC1)C(=O)c1cccs1. The van der Waals surface area contributed by atoms with Crippen LogP contribution in [0.3, 0.4) is 0 Å². The highest BCUT2D eigenvalue weighted by atomic mass is 35.5. The highest BCUT2D eigenvalue weighted by molar-refractivity contribution is 7.12. The Morgan fingerprint density at radius 3 is 2.58 bits per heavy atom. The Morgan fingerprint density at radius 2 is 1.84 bits per heavy atom. The Balaban J connectivity index is 1.31. The number of ether oxygens (including phenoxy) is 1. The molecule has 1 aliphatic rings. The number of methoxy groups -OCH3 is 1. The van der Waals surface area contributed by atoms with Gasteiger partial charge in [0.15, 0.2) is 0 Å². The second kappa shape index (κ2) is 13.7. The van der Waals surface area contributed by atoms with Crippen LogP contribution in [0.2, 0.25) is 10.0 Å². The van der Waals surface area contributed by atoms with Gasteiger partial charge in [0.2, 0.25) is 0 Å². The molecule has 0 atom stereocenters. The van der Waals surface area contributed by atoms with Gasteiger partial charge in [-0.15, -0.1) is 11.3 Å². The Labute approximate surface area is 237 Å². The lowest BCUT2D eigenvalue weighted by Gasteiger charge is -2.35. The summed E-state index contributed by atoms with van der Waals surface area (Å²) in [6.45, 7) is 4.38. The highest BCUT2D eigenvalue weighted by Gasteiger charge is 2.23. The van der Waals surface area contributed by atoms with Gasteiger partial charge in [0.25, 0.3) is 5.91 Å². The van der Waals surface area contributed by atoms with E-state index >= 15 is 0 Å². The minimum atomic E-state index is -0.204. The van der Waals surface area contributed by atoms with Crippen LogP contribution in [-0.2, 0) is 0 Å². The number of urea groups is 1. The summed E-state index contributed by atoms with van der Waals surface area (Å²) in [5, 5.41) is 5.49. The molecule has 3 aromatic rings. The molecule has 2 aromatic carbocycles. The summed E-state index contributed by atoms with van der Waals surface area (Å²) in [6, 6.07) is 16.5. The van der Waals surface area contributed by atoms with E-state index in [2.05, 4.69) is 10.2 Å². The number of amides is 3. The molecule has 1 fully saturated rings. The number of rotatable bonds is 9. The van der Waals surface area contributed by atoms with Crippen LogP contribution in [0.4, 0.5) is 10.5 Å². The summed E-state index contributed by atoms with van der Waals surface area (Å²) in [5.74, 6) is 0.806. The van der Waals surface area contributed by atoms with Gasteiger partial charge in [0.1, 0.15) is 5.75 Å². The van der Waals surface area contributed by atoms with E-state index in [4.69, 9.17) is 27.9 Å². The normalized spacial score (nSPS) is 14.0. The fourth-order valence-electron chi connectivity index (χ4n) is 4.17. The lowest BCUT2D eigenvalue weighted by molar-refractivity contribution is 0.0744. The summed E-state index contributed by atoms with van der Waals surface area (Å²) in [5.41, 5.74) is 1.46. The smallest absolute Gasteiger partial charge is 0.321 e. The van der Waals surface area contributed by atoms with Gasteiger partial charge in [0, 0.05) is 51.4 Å². The Kier molecular flexibility index (Phi) is 10.1. The fraction of sp³-hybridized carbons (Fsp3) is 0.286. The molecule has 1 N–H and O–H groups in total. The van der Waals surface area contributed by atoms with Crippen LogP contribution in [-0.4, -0.2) is 79.6 Å².